The van der Waals surface area contributed by atoms with Gasteiger partial charge in [0.15, 0.2) is 16.9 Å². The standard InChI is InChI=1S/C25H24O7/c1-10(2)5-6-12-15(26)8-17(28)21-22(30)14-7-13(11(3)4)19-20(25(14)32-24(12)21)16(27)9-18(29)23(19)31/h5,8-9,13,26-29,31H,3,6-7H2,1-2,4H3/t13-/m0/s1. The molecule has 1 aliphatic carbocycles. The van der Waals surface area contributed by atoms with E-state index in [0.717, 1.165) is 17.7 Å². The second-order valence-corrected chi connectivity index (χ2v) is 8.48. The fourth-order valence-electron chi connectivity index (χ4n) is 4.28. The zero-order chi connectivity index (χ0) is 23.5. The molecule has 166 valence electrons. The smallest absolute Gasteiger partial charge is 0.200 e. The van der Waals surface area contributed by atoms with E-state index in [0.29, 0.717) is 11.1 Å². The Morgan fingerprint density at radius 2 is 1.72 bits per heavy atom. The molecule has 4 rings (SSSR count). The van der Waals surface area contributed by atoms with Crippen LogP contribution in [0.5, 0.6) is 28.7 Å². The Hall–Kier alpha value is -3.87. The number of benzene rings is 2. The van der Waals surface area contributed by atoms with Gasteiger partial charge in [0.2, 0.25) is 0 Å². The Labute approximate surface area is 183 Å². The number of hydrogen-bond donors (Lipinski definition) is 5. The maximum Gasteiger partial charge on any atom is 0.200 e. The van der Waals surface area contributed by atoms with Crippen molar-refractivity contribution in [1.82, 2.24) is 0 Å². The summed E-state index contributed by atoms with van der Waals surface area (Å²) in [5.74, 6) is -2.50. The quantitative estimate of drug-likeness (QED) is 0.228. The molecule has 0 fully saturated rings. The van der Waals surface area contributed by atoms with Gasteiger partial charge in [0.1, 0.15) is 34.0 Å². The molecular weight excluding hydrogens is 412 g/mol. The highest BCUT2D eigenvalue weighted by molar-refractivity contribution is 5.92. The van der Waals surface area contributed by atoms with E-state index in [9.17, 15) is 30.3 Å². The van der Waals surface area contributed by atoms with Crippen LogP contribution in [0.3, 0.4) is 0 Å². The molecule has 1 heterocycles. The maximum absolute atomic E-state index is 13.5. The molecule has 7 heteroatoms. The Balaban J connectivity index is 2.17. The summed E-state index contributed by atoms with van der Waals surface area (Å²) in [7, 11) is 0. The van der Waals surface area contributed by atoms with Crippen LogP contribution in [0.15, 0.2) is 45.1 Å². The number of rotatable bonds is 3. The third-order valence-corrected chi connectivity index (χ3v) is 5.91. The van der Waals surface area contributed by atoms with Crippen molar-refractivity contribution in [2.75, 3.05) is 0 Å². The van der Waals surface area contributed by atoms with Crippen LogP contribution >= 0.6 is 0 Å². The molecule has 1 aromatic heterocycles. The van der Waals surface area contributed by atoms with Crippen LogP contribution in [-0.4, -0.2) is 25.5 Å². The van der Waals surface area contributed by atoms with Crippen molar-refractivity contribution in [3.63, 3.8) is 0 Å². The first-order valence-corrected chi connectivity index (χ1v) is 10.1. The van der Waals surface area contributed by atoms with Crippen molar-refractivity contribution >= 4 is 11.0 Å². The minimum absolute atomic E-state index is 0.00422. The molecule has 0 aliphatic heterocycles. The second-order valence-electron chi connectivity index (χ2n) is 8.48. The van der Waals surface area contributed by atoms with Gasteiger partial charge in [0.05, 0.1) is 5.56 Å². The molecule has 1 aliphatic rings. The lowest BCUT2D eigenvalue weighted by Gasteiger charge is -2.28. The summed E-state index contributed by atoms with van der Waals surface area (Å²) in [4.78, 5) is 13.5. The summed E-state index contributed by atoms with van der Waals surface area (Å²) < 4.78 is 6.09. The maximum atomic E-state index is 13.5. The van der Waals surface area contributed by atoms with Crippen LogP contribution in [0.2, 0.25) is 0 Å². The first kappa shape index (κ1) is 21.4. The van der Waals surface area contributed by atoms with Crippen molar-refractivity contribution in [3.05, 3.63) is 62.8 Å². The van der Waals surface area contributed by atoms with Crippen LogP contribution in [0, 0.1) is 0 Å². The van der Waals surface area contributed by atoms with E-state index >= 15 is 0 Å². The van der Waals surface area contributed by atoms with Gasteiger partial charge >= 0.3 is 0 Å². The highest BCUT2D eigenvalue weighted by Crippen LogP contribution is 2.53. The molecular formula is C25H24O7. The lowest BCUT2D eigenvalue weighted by Crippen LogP contribution is -2.21. The van der Waals surface area contributed by atoms with E-state index in [2.05, 4.69) is 6.58 Å². The van der Waals surface area contributed by atoms with Crippen LogP contribution in [-0.2, 0) is 12.8 Å². The molecule has 3 aromatic rings. The lowest BCUT2D eigenvalue weighted by molar-refractivity contribution is 0.388. The van der Waals surface area contributed by atoms with Crippen LogP contribution in [0.1, 0.15) is 43.4 Å². The minimum atomic E-state index is -0.569. The topological polar surface area (TPSA) is 131 Å². The lowest BCUT2D eigenvalue weighted by atomic mass is 9.77. The van der Waals surface area contributed by atoms with Crippen LogP contribution in [0.4, 0.5) is 0 Å². The number of allylic oxidation sites excluding steroid dienone is 3. The highest BCUT2D eigenvalue weighted by atomic mass is 16.3. The van der Waals surface area contributed by atoms with Crippen molar-refractivity contribution in [3.8, 4) is 40.1 Å². The summed E-state index contributed by atoms with van der Waals surface area (Å²) in [6.45, 7) is 9.42. The third kappa shape index (κ3) is 3.09. The first-order valence-electron chi connectivity index (χ1n) is 10.1. The molecule has 0 amide bonds. The molecule has 0 saturated heterocycles. The van der Waals surface area contributed by atoms with E-state index in [4.69, 9.17) is 4.42 Å². The minimum Gasteiger partial charge on any atom is -0.507 e. The molecule has 0 unspecified atom stereocenters. The number of phenols is 5. The Kier molecular flexibility index (Phi) is 4.92. The Bertz CT molecular complexity index is 1390. The zero-order valence-corrected chi connectivity index (χ0v) is 18.0. The van der Waals surface area contributed by atoms with Gasteiger partial charge in [0.25, 0.3) is 0 Å². The largest absolute Gasteiger partial charge is 0.507 e. The van der Waals surface area contributed by atoms with Gasteiger partial charge in [-0.3, -0.25) is 4.79 Å². The monoisotopic (exact) mass is 436 g/mol. The summed E-state index contributed by atoms with van der Waals surface area (Å²) in [5, 5.41) is 52.2. The average molecular weight is 436 g/mol. The Morgan fingerprint density at radius 1 is 1.06 bits per heavy atom. The Morgan fingerprint density at radius 3 is 2.34 bits per heavy atom. The molecule has 7 nitrogen and oxygen atoms in total. The molecule has 0 spiro atoms. The molecule has 0 saturated carbocycles. The van der Waals surface area contributed by atoms with Crippen molar-refractivity contribution < 1.29 is 29.9 Å². The third-order valence-electron chi connectivity index (χ3n) is 5.91. The summed E-state index contributed by atoms with van der Waals surface area (Å²) in [6.07, 6.45) is 2.19. The summed E-state index contributed by atoms with van der Waals surface area (Å²) in [6, 6.07) is 2.10. The van der Waals surface area contributed by atoms with Crippen LogP contribution in [0.25, 0.3) is 22.3 Å². The van der Waals surface area contributed by atoms with Gasteiger partial charge in [-0.1, -0.05) is 23.8 Å². The second kappa shape index (κ2) is 7.37. The fourth-order valence-corrected chi connectivity index (χ4v) is 4.28. The number of aromatic hydroxyl groups is 5. The van der Waals surface area contributed by atoms with Gasteiger partial charge < -0.3 is 29.9 Å². The molecule has 32 heavy (non-hydrogen) atoms. The molecule has 5 N–H and O–H groups in total. The van der Waals surface area contributed by atoms with E-state index in [1.807, 2.05) is 19.9 Å². The molecule has 0 radical (unpaired) electrons. The molecule has 0 bridgehead atoms. The molecule has 2 aromatic carbocycles. The van der Waals surface area contributed by atoms with Gasteiger partial charge in [-0.25, -0.2) is 0 Å². The fraction of sp³-hybridized carbons (Fsp3) is 0.240. The zero-order valence-electron chi connectivity index (χ0n) is 18.0. The SMILES string of the molecule is C=C(C)[C@@H]1Cc2c(oc3c(CC=C(C)C)c(O)cc(O)c3c2=O)-c2c(O)cc(O)c(O)c21. The highest BCUT2D eigenvalue weighted by Gasteiger charge is 2.36. The van der Waals surface area contributed by atoms with Gasteiger partial charge in [0, 0.05) is 34.7 Å². The van der Waals surface area contributed by atoms with Gasteiger partial charge in [-0.05, 0) is 33.6 Å². The summed E-state index contributed by atoms with van der Waals surface area (Å²) in [5.41, 5.74) is 1.88. The van der Waals surface area contributed by atoms with E-state index in [-0.39, 0.29) is 57.8 Å². The number of hydrogen-bond acceptors (Lipinski definition) is 7. The van der Waals surface area contributed by atoms with Crippen molar-refractivity contribution in [2.45, 2.75) is 39.5 Å². The normalized spacial score (nSPS) is 14.7. The van der Waals surface area contributed by atoms with Crippen molar-refractivity contribution in [2.24, 2.45) is 0 Å². The molecule has 1 atom stereocenters. The average Bonchev–Trinajstić information content (AvgIpc) is 2.70. The number of phenolic OH excluding ortho intramolecular Hbond substituents is 5. The predicted molar refractivity (Wildman–Crippen MR) is 121 cm³/mol. The van der Waals surface area contributed by atoms with E-state index < -0.39 is 28.6 Å². The van der Waals surface area contributed by atoms with E-state index in [1.54, 1.807) is 6.92 Å². The van der Waals surface area contributed by atoms with Gasteiger partial charge in [-0.2, -0.15) is 0 Å². The predicted octanol–water partition coefficient (Wildman–Crippen LogP) is 4.71. The summed E-state index contributed by atoms with van der Waals surface area (Å²) >= 11 is 0. The number of fused-ring (bicyclic) bond motifs is 4. The first-order chi connectivity index (χ1) is 15.0. The van der Waals surface area contributed by atoms with Crippen molar-refractivity contribution in [1.29, 1.82) is 0 Å². The van der Waals surface area contributed by atoms with Gasteiger partial charge in [-0.15, -0.1) is 0 Å². The van der Waals surface area contributed by atoms with Crippen LogP contribution < -0.4 is 5.43 Å². The van der Waals surface area contributed by atoms with E-state index in [1.165, 1.54) is 0 Å².